The molecular weight excluding hydrogens is 342 g/mol. The van der Waals surface area contributed by atoms with Crippen molar-refractivity contribution in [1.82, 2.24) is 0 Å². The topological polar surface area (TPSA) is 52.6 Å². The van der Waals surface area contributed by atoms with Crippen LogP contribution in [0.5, 0.6) is 5.75 Å². The fourth-order valence-corrected chi connectivity index (χ4v) is 2.34. The highest BCUT2D eigenvalue weighted by molar-refractivity contribution is 5.98. The number of benzene rings is 3. The molecule has 0 amide bonds. The number of hydrogen-bond donors (Lipinski definition) is 0. The fraction of sp³-hybridized carbons (Fsp3) is 0.100. The average molecular weight is 356 g/mol. The minimum atomic E-state index is -1.14. The lowest BCUT2D eigenvalue weighted by atomic mass is 10.1. The van der Waals surface area contributed by atoms with Crippen molar-refractivity contribution < 1.29 is 27.8 Å². The molecule has 0 spiro atoms. The van der Waals surface area contributed by atoms with Crippen molar-refractivity contribution in [2.75, 3.05) is 13.2 Å². The zero-order valence-corrected chi connectivity index (χ0v) is 13.6. The van der Waals surface area contributed by atoms with Gasteiger partial charge in [-0.2, -0.15) is 0 Å². The molecule has 3 aromatic rings. The molecule has 0 aliphatic carbocycles. The standard InChI is InChI=1S/C20H14F2O4/c21-17-8-6-15(10-18(17)22)19(23)11-26-20(24)12-25-16-7-5-13-3-1-2-4-14(13)9-16/h1-10H,11-12H2. The Bertz CT molecular complexity index is 969. The summed E-state index contributed by atoms with van der Waals surface area (Å²) in [6, 6.07) is 15.8. The Morgan fingerprint density at radius 2 is 1.58 bits per heavy atom. The number of fused-ring (bicyclic) bond motifs is 1. The molecular formula is C20H14F2O4. The van der Waals surface area contributed by atoms with E-state index in [-0.39, 0.29) is 12.2 Å². The van der Waals surface area contributed by atoms with Gasteiger partial charge in [0.2, 0.25) is 0 Å². The monoisotopic (exact) mass is 356 g/mol. The van der Waals surface area contributed by atoms with E-state index >= 15 is 0 Å². The van der Waals surface area contributed by atoms with Crippen molar-refractivity contribution in [2.24, 2.45) is 0 Å². The van der Waals surface area contributed by atoms with Crippen LogP contribution in [0.15, 0.2) is 60.7 Å². The van der Waals surface area contributed by atoms with Crippen LogP contribution < -0.4 is 4.74 Å². The average Bonchev–Trinajstić information content (AvgIpc) is 2.66. The van der Waals surface area contributed by atoms with Gasteiger partial charge in [-0.25, -0.2) is 13.6 Å². The normalized spacial score (nSPS) is 10.5. The maximum atomic E-state index is 13.1. The number of Topliss-reactive ketones (excluding diaryl/α,β-unsaturated/α-hetero) is 1. The SMILES string of the molecule is O=C(COc1ccc2ccccc2c1)OCC(=O)c1ccc(F)c(F)c1. The van der Waals surface area contributed by atoms with Gasteiger partial charge in [-0.1, -0.05) is 30.3 Å². The highest BCUT2D eigenvalue weighted by Gasteiger charge is 2.13. The molecule has 0 N–H and O–H groups in total. The highest BCUT2D eigenvalue weighted by Crippen LogP contribution is 2.20. The molecule has 0 bridgehead atoms. The molecule has 4 nitrogen and oxygen atoms in total. The van der Waals surface area contributed by atoms with E-state index in [9.17, 15) is 18.4 Å². The first-order valence-electron chi connectivity index (χ1n) is 7.78. The molecule has 0 saturated carbocycles. The van der Waals surface area contributed by atoms with Crippen molar-refractivity contribution >= 4 is 22.5 Å². The van der Waals surface area contributed by atoms with E-state index in [1.54, 1.807) is 12.1 Å². The third kappa shape index (κ3) is 4.22. The van der Waals surface area contributed by atoms with Crippen molar-refractivity contribution in [3.63, 3.8) is 0 Å². The summed E-state index contributed by atoms with van der Waals surface area (Å²) >= 11 is 0. The number of ether oxygens (including phenoxy) is 2. The second kappa shape index (κ2) is 7.74. The van der Waals surface area contributed by atoms with Gasteiger partial charge in [-0.05, 0) is 41.1 Å². The first-order chi connectivity index (χ1) is 12.5. The Morgan fingerprint density at radius 3 is 2.35 bits per heavy atom. The van der Waals surface area contributed by atoms with Gasteiger partial charge in [0.25, 0.3) is 0 Å². The Kier molecular flexibility index (Phi) is 5.22. The summed E-state index contributed by atoms with van der Waals surface area (Å²) in [7, 11) is 0. The number of carbonyl (C=O) groups is 2. The van der Waals surface area contributed by atoms with Crippen LogP contribution in [0.1, 0.15) is 10.4 Å². The number of hydrogen-bond acceptors (Lipinski definition) is 4. The lowest BCUT2D eigenvalue weighted by Gasteiger charge is -2.08. The third-order valence-corrected chi connectivity index (χ3v) is 3.68. The second-order valence-corrected chi connectivity index (χ2v) is 5.51. The Balaban J connectivity index is 1.51. The Labute approximate surface area is 148 Å². The molecule has 0 saturated heterocycles. The van der Waals surface area contributed by atoms with Gasteiger partial charge < -0.3 is 9.47 Å². The van der Waals surface area contributed by atoms with Crippen molar-refractivity contribution in [2.45, 2.75) is 0 Å². The van der Waals surface area contributed by atoms with Crippen LogP contribution in [0.25, 0.3) is 10.8 Å². The van der Waals surface area contributed by atoms with E-state index in [4.69, 9.17) is 9.47 Å². The maximum Gasteiger partial charge on any atom is 0.344 e. The van der Waals surface area contributed by atoms with Gasteiger partial charge in [0.15, 0.2) is 30.6 Å². The molecule has 3 aromatic carbocycles. The molecule has 26 heavy (non-hydrogen) atoms. The molecule has 0 aromatic heterocycles. The van der Waals surface area contributed by atoms with E-state index in [2.05, 4.69) is 0 Å². The zero-order chi connectivity index (χ0) is 18.5. The molecule has 0 aliphatic heterocycles. The van der Waals surface area contributed by atoms with Crippen molar-refractivity contribution in [3.8, 4) is 5.75 Å². The lowest BCUT2D eigenvalue weighted by Crippen LogP contribution is -2.19. The molecule has 0 unspecified atom stereocenters. The number of esters is 1. The third-order valence-electron chi connectivity index (χ3n) is 3.68. The Morgan fingerprint density at radius 1 is 0.808 bits per heavy atom. The molecule has 0 radical (unpaired) electrons. The summed E-state index contributed by atoms with van der Waals surface area (Å²) in [6.45, 7) is -0.950. The molecule has 0 aliphatic rings. The first-order valence-corrected chi connectivity index (χ1v) is 7.78. The molecule has 0 heterocycles. The largest absolute Gasteiger partial charge is 0.482 e. The number of rotatable bonds is 6. The minimum absolute atomic E-state index is 0.0767. The van der Waals surface area contributed by atoms with Crippen LogP contribution in [-0.4, -0.2) is 25.0 Å². The summed E-state index contributed by atoms with van der Waals surface area (Å²) in [6.07, 6.45) is 0. The van der Waals surface area contributed by atoms with E-state index in [0.717, 1.165) is 29.0 Å². The lowest BCUT2D eigenvalue weighted by molar-refractivity contribution is -0.144. The predicted molar refractivity (Wildman–Crippen MR) is 91.1 cm³/mol. The highest BCUT2D eigenvalue weighted by atomic mass is 19.2. The summed E-state index contributed by atoms with van der Waals surface area (Å²) < 4.78 is 36.1. The number of carbonyl (C=O) groups excluding carboxylic acids is 2. The molecule has 6 heteroatoms. The summed E-state index contributed by atoms with van der Waals surface area (Å²) in [5.74, 6) is -3.08. The number of ketones is 1. The van der Waals surface area contributed by atoms with E-state index in [1.807, 2.05) is 30.3 Å². The molecule has 0 atom stereocenters. The van der Waals surface area contributed by atoms with Crippen LogP contribution in [0.3, 0.4) is 0 Å². The summed E-state index contributed by atoms with van der Waals surface area (Å²) in [5.41, 5.74) is -0.0767. The van der Waals surface area contributed by atoms with Crippen molar-refractivity contribution in [3.05, 3.63) is 77.9 Å². The van der Waals surface area contributed by atoms with Gasteiger partial charge in [0.1, 0.15) is 5.75 Å². The zero-order valence-electron chi connectivity index (χ0n) is 13.6. The van der Waals surface area contributed by atoms with Crippen LogP contribution in [0.4, 0.5) is 8.78 Å². The van der Waals surface area contributed by atoms with Gasteiger partial charge in [-0.3, -0.25) is 4.79 Å². The van der Waals surface area contributed by atoms with Gasteiger partial charge in [0.05, 0.1) is 0 Å². The van der Waals surface area contributed by atoms with Gasteiger partial charge in [0, 0.05) is 5.56 Å². The quantitative estimate of drug-likeness (QED) is 0.496. The molecule has 132 valence electrons. The maximum absolute atomic E-state index is 13.1. The predicted octanol–water partition coefficient (Wildman–Crippen LogP) is 3.92. The second-order valence-electron chi connectivity index (χ2n) is 5.51. The smallest absolute Gasteiger partial charge is 0.344 e. The Hall–Kier alpha value is -3.28. The van der Waals surface area contributed by atoms with Crippen LogP contribution in [-0.2, 0) is 9.53 Å². The van der Waals surface area contributed by atoms with Crippen LogP contribution in [0, 0.1) is 11.6 Å². The molecule has 3 rings (SSSR count). The van der Waals surface area contributed by atoms with E-state index in [0.29, 0.717) is 5.75 Å². The molecule has 0 fully saturated rings. The van der Waals surface area contributed by atoms with Crippen molar-refractivity contribution in [1.29, 1.82) is 0 Å². The van der Waals surface area contributed by atoms with Gasteiger partial charge >= 0.3 is 5.97 Å². The first kappa shape index (κ1) is 17.5. The summed E-state index contributed by atoms with van der Waals surface area (Å²) in [4.78, 5) is 23.5. The van der Waals surface area contributed by atoms with Gasteiger partial charge in [-0.15, -0.1) is 0 Å². The van der Waals surface area contributed by atoms with Crippen LogP contribution in [0.2, 0.25) is 0 Å². The number of halogens is 2. The fourth-order valence-electron chi connectivity index (χ4n) is 2.34. The van der Waals surface area contributed by atoms with E-state index < -0.39 is 30.0 Å². The van der Waals surface area contributed by atoms with Crippen LogP contribution >= 0.6 is 0 Å². The minimum Gasteiger partial charge on any atom is -0.482 e. The summed E-state index contributed by atoms with van der Waals surface area (Å²) in [5, 5.41) is 2.01. The van der Waals surface area contributed by atoms with E-state index in [1.165, 1.54) is 0 Å².